The van der Waals surface area contributed by atoms with Crippen molar-refractivity contribution in [3.63, 3.8) is 0 Å². The van der Waals surface area contributed by atoms with Gasteiger partial charge >= 0.3 is 10.1 Å². The summed E-state index contributed by atoms with van der Waals surface area (Å²) in [5.74, 6) is 0.378. The standard InChI is InChI=1S/C18H21NO5S/c1-5-23-17-10-13(3)18(11-12(17)2)25(21,22)24-16-9-7-6-8-15(16)19-14(4)20/h6-11H,5H2,1-4H3,(H,19,20). The van der Waals surface area contributed by atoms with Gasteiger partial charge in [-0.2, -0.15) is 8.42 Å². The first-order valence-electron chi connectivity index (χ1n) is 7.79. The van der Waals surface area contributed by atoms with Gasteiger partial charge in [0, 0.05) is 6.92 Å². The van der Waals surface area contributed by atoms with E-state index in [0.29, 0.717) is 29.2 Å². The summed E-state index contributed by atoms with van der Waals surface area (Å²) in [5.41, 5.74) is 1.51. The van der Waals surface area contributed by atoms with Gasteiger partial charge in [0.1, 0.15) is 10.6 Å². The normalized spacial score (nSPS) is 11.0. The van der Waals surface area contributed by atoms with E-state index in [1.807, 2.05) is 6.92 Å². The highest BCUT2D eigenvalue weighted by molar-refractivity contribution is 7.87. The van der Waals surface area contributed by atoms with Crippen molar-refractivity contribution in [3.8, 4) is 11.5 Å². The van der Waals surface area contributed by atoms with Crippen LogP contribution in [0.3, 0.4) is 0 Å². The van der Waals surface area contributed by atoms with Crippen LogP contribution < -0.4 is 14.2 Å². The summed E-state index contributed by atoms with van der Waals surface area (Å²) < 4.78 is 36.2. The average Bonchev–Trinajstić information content (AvgIpc) is 2.52. The molecular formula is C18H21NO5S. The Kier molecular flexibility index (Phi) is 5.69. The zero-order chi connectivity index (χ0) is 18.6. The molecule has 7 heteroatoms. The Bertz CT molecular complexity index is 890. The van der Waals surface area contributed by atoms with E-state index in [0.717, 1.165) is 0 Å². The molecule has 0 spiro atoms. The van der Waals surface area contributed by atoms with Crippen LogP contribution in [0.25, 0.3) is 0 Å². The molecule has 0 unspecified atom stereocenters. The van der Waals surface area contributed by atoms with Crippen LogP contribution in [-0.4, -0.2) is 20.9 Å². The zero-order valence-electron chi connectivity index (χ0n) is 14.6. The molecule has 134 valence electrons. The molecule has 1 N–H and O–H groups in total. The third kappa shape index (κ3) is 4.51. The van der Waals surface area contributed by atoms with Crippen LogP contribution in [-0.2, 0) is 14.9 Å². The molecule has 0 aliphatic heterocycles. The highest BCUT2D eigenvalue weighted by atomic mass is 32.2. The summed E-state index contributed by atoms with van der Waals surface area (Å²) >= 11 is 0. The van der Waals surface area contributed by atoms with Crippen molar-refractivity contribution in [2.75, 3.05) is 11.9 Å². The van der Waals surface area contributed by atoms with Gasteiger partial charge < -0.3 is 14.2 Å². The van der Waals surface area contributed by atoms with Crippen molar-refractivity contribution in [1.29, 1.82) is 0 Å². The van der Waals surface area contributed by atoms with E-state index in [1.165, 1.54) is 19.1 Å². The number of carbonyl (C=O) groups excluding carboxylic acids is 1. The van der Waals surface area contributed by atoms with E-state index in [9.17, 15) is 13.2 Å². The van der Waals surface area contributed by atoms with Crippen LogP contribution in [0, 0.1) is 13.8 Å². The monoisotopic (exact) mass is 363 g/mol. The summed E-state index contributed by atoms with van der Waals surface area (Å²) in [6, 6.07) is 9.57. The Labute approximate surface area is 147 Å². The topological polar surface area (TPSA) is 81.7 Å². The van der Waals surface area contributed by atoms with Gasteiger partial charge in [-0.25, -0.2) is 0 Å². The van der Waals surface area contributed by atoms with Crippen molar-refractivity contribution >= 4 is 21.7 Å². The van der Waals surface area contributed by atoms with E-state index in [-0.39, 0.29) is 16.6 Å². The van der Waals surface area contributed by atoms with Crippen molar-refractivity contribution in [2.24, 2.45) is 0 Å². The number of hydrogen-bond acceptors (Lipinski definition) is 5. The second-order valence-corrected chi connectivity index (χ2v) is 7.05. The summed E-state index contributed by atoms with van der Waals surface area (Å²) in [4.78, 5) is 11.3. The Morgan fingerprint density at radius 2 is 1.76 bits per heavy atom. The molecule has 0 aromatic heterocycles. The molecule has 0 saturated heterocycles. The minimum Gasteiger partial charge on any atom is -0.494 e. The van der Waals surface area contributed by atoms with E-state index in [4.69, 9.17) is 8.92 Å². The van der Waals surface area contributed by atoms with Crippen LogP contribution >= 0.6 is 0 Å². The lowest BCUT2D eigenvalue weighted by atomic mass is 10.1. The highest BCUT2D eigenvalue weighted by Crippen LogP contribution is 2.31. The molecule has 0 saturated carbocycles. The quantitative estimate of drug-likeness (QED) is 0.795. The number of nitrogens with one attached hydrogen (secondary N) is 1. The highest BCUT2D eigenvalue weighted by Gasteiger charge is 2.22. The number of hydrogen-bond donors (Lipinski definition) is 1. The molecule has 2 aromatic carbocycles. The number of anilines is 1. The van der Waals surface area contributed by atoms with E-state index in [1.54, 1.807) is 38.1 Å². The molecule has 6 nitrogen and oxygen atoms in total. The smallest absolute Gasteiger partial charge is 0.339 e. The Morgan fingerprint density at radius 1 is 1.08 bits per heavy atom. The van der Waals surface area contributed by atoms with Crippen LogP contribution in [0.15, 0.2) is 41.3 Å². The van der Waals surface area contributed by atoms with E-state index in [2.05, 4.69) is 5.32 Å². The maximum absolute atomic E-state index is 12.7. The summed E-state index contributed by atoms with van der Waals surface area (Å²) in [6.45, 7) is 7.15. The van der Waals surface area contributed by atoms with Crippen molar-refractivity contribution < 1.29 is 22.1 Å². The van der Waals surface area contributed by atoms with E-state index >= 15 is 0 Å². The van der Waals surface area contributed by atoms with Crippen LogP contribution in [0.2, 0.25) is 0 Å². The van der Waals surface area contributed by atoms with Gasteiger partial charge in [0.15, 0.2) is 5.75 Å². The molecule has 0 aliphatic rings. The fraction of sp³-hybridized carbons (Fsp3) is 0.278. The third-order valence-electron chi connectivity index (χ3n) is 3.44. The molecule has 0 radical (unpaired) electrons. The minimum absolute atomic E-state index is 0.0589. The van der Waals surface area contributed by atoms with Gasteiger partial charge in [-0.15, -0.1) is 0 Å². The average molecular weight is 363 g/mol. The van der Waals surface area contributed by atoms with Gasteiger partial charge in [-0.3, -0.25) is 4.79 Å². The second kappa shape index (κ2) is 7.57. The minimum atomic E-state index is -4.06. The molecule has 0 heterocycles. The number of rotatable bonds is 6. The maximum atomic E-state index is 12.7. The Balaban J connectivity index is 2.41. The van der Waals surface area contributed by atoms with Gasteiger partial charge in [-0.05, 0) is 56.2 Å². The lowest BCUT2D eigenvalue weighted by Gasteiger charge is -2.15. The van der Waals surface area contributed by atoms with Crippen molar-refractivity contribution in [1.82, 2.24) is 0 Å². The number of amides is 1. The molecule has 0 fully saturated rings. The fourth-order valence-corrected chi connectivity index (χ4v) is 3.58. The van der Waals surface area contributed by atoms with Gasteiger partial charge in [0.2, 0.25) is 5.91 Å². The third-order valence-corrected chi connectivity index (χ3v) is 4.82. The zero-order valence-corrected chi connectivity index (χ0v) is 15.4. The summed E-state index contributed by atoms with van der Waals surface area (Å²) in [6.07, 6.45) is 0. The molecule has 0 aliphatic carbocycles. The van der Waals surface area contributed by atoms with Crippen molar-refractivity contribution in [3.05, 3.63) is 47.5 Å². The van der Waals surface area contributed by atoms with E-state index < -0.39 is 10.1 Å². The predicted octanol–water partition coefficient (Wildman–Crippen LogP) is 3.43. The first kappa shape index (κ1) is 18.8. The second-order valence-electron chi connectivity index (χ2n) is 5.53. The number of aryl methyl sites for hydroxylation is 2. The maximum Gasteiger partial charge on any atom is 0.339 e. The fourth-order valence-electron chi connectivity index (χ4n) is 2.34. The predicted molar refractivity (Wildman–Crippen MR) is 95.6 cm³/mol. The first-order chi connectivity index (χ1) is 11.7. The molecule has 25 heavy (non-hydrogen) atoms. The Hall–Kier alpha value is -2.54. The lowest BCUT2D eigenvalue weighted by molar-refractivity contribution is -0.114. The van der Waals surface area contributed by atoms with Crippen molar-refractivity contribution in [2.45, 2.75) is 32.6 Å². The first-order valence-corrected chi connectivity index (χ1v) is 9.20. The van der Waals surface area contributed by atoms with Crippen LogP contribution in [0.4, 0.5) is 5.69 Å². The number of para-hydroxylation sites is 2. The molecule has 2 aromatic rings. The van der Waals surface area contributed by atoms with Crippen LogP contribution in [0.5, 0.6) is 11.5 Å². The number of benzene rings is 2. The SMILES string of the molecule is CCOc1cc(C)c(S(=O)(=O)Oc2ccccc2NC(C)=O)cc1C. The largest absolute Gasteiger partial charge is 0.494 e. The lowest BCUT2D eigenvalue weighted by Crippen LogP contribution is -2.14. The molecule has 0 atom stereocenters. The van der Waals surface area contributed by atoms with Gasteiger partial charge in [0.25, 0.3) is 0 Å². The molecule has 2 rings (SSSR count). The summed E-state index contributed by atoms with van der Waals surface area (Å²) in [5, 5.41) is 2.55. The molecule has 1 amide bonds. The van der Waals surface area contributed by atoms with Gasteiger partial charge in [0.05, 0.1) is 12.3 Å². The number of ether oxygens (including phenoxy) is 1. The van der Waals surface area contributed by atoms with Gasteiger partial charge in [-0.1, -0.05) is 12.1 Å². The number of carbonyl (C=O) groups is 1. The Morgan fingerprint density at radius 3 is 2.40 bits per heavy atom. The molecular weight excluding hydrogens is 342 g/mol. The molecule has 0 bridgehead atoms. The van der Waals surface area contributed by atoms with Crippen LogP contribution in [0.1, 0.15) is 25.0 Å². The summed E-state index contributed by atoms with van der Waals surface area (Å²) in [7, 11) is -4.06.